The molecule has 48 heavy (non-hydrogen) atoms. The van der Waals surface area contributed by atoms with Gasteiger partial charge in [-0.15, -0.1) is 0 Å². The Morgan fingerprint density at radius 1 is 0.958 bits per heavy atom. The van der Waals surface area contributed by atoms with Crippen molar-refractivity contribution >= 4 is 23.4 Å². The van der Waals surface area contributed by atoms with Crippen molar-refractivity contribution in [3.05, 3.63) is 89.7 Å². The molecule has 8 nitrogen and oxygen atoms in total. The number of halogens is 4. The number of likely N-dealkylation sites (tertiary alicyclic amines) is 1. The number of benzene rings is 3. The second-order valence-electron chi connectivity index (χ2n) is 12.3. The number of nitrogens with zero attached hydrogens (tertiary/aromatic N) is 4. The molecular formula is C36H40F4N6O2. The molecule has 254 valence electrons. The van der Waals surface area contributed by atoms with Gasteiger partial charge >= 0.3 is 6.18 Å². The van der Waals surface area contributed by atoms with Crippen molar-refractivity contribution in [2.45, 2.75) is 64.7 Å². The normalized spacial score (nSPS) is 14.2. The molecular weight excluding hydrogens is 624 g/mol. The number of rotatable bonds is 14. The summed E-state index contributed by atoms with van der Waals surface area (Å²) in [5, 5.41) is 6.14. The van der Waals surface area contributed by atoms with E-state index in [1.165, 1.54) is 37.1 Å². The first kappa shape index (κ1) is 34.7. The van der Waals surface area contributed by atoms with E-state index in [-0.39, 0.29) is 29.2 Å². The van der Waals surface area contributed by atoms with Gasteiger partial charge in [0, 0.05) is 41.9 Å². The van der Waals surface area contributed by atoms with Crippen molar-refractivity contribution in [2.75, 3.05) is 30.3 Å². The van der Waals surface area contributed by atoms with Crippen LogP contribution in [-0.2, 0) is 6.54 Å². The maximum Gasteiger partial charge on any atom is 0.422 e. The lowest BCUT2D eigenvalue weighted by atomic mass is 9.90. The number of carbonyl (C=O) groups is 1. The highest BCUT2D eigenvalue weighted by molar-refractivity contribution is 5.96. The van der Waals surface area contributed by atoms with Gasteiger partial charge in [0.2, 0.25) is 11.9 Å². The zero-order valence-electron chi connectivity index (χ0n) is 27.1. The highest BCUT2D eigenvalue weighted by atomic mass is 19.4. The monoisotopic (exact) mass is 664 g/mol. The highest BCUT2D eigenvalue weighted by Gasteiger charge is 2.28. The molecule has 1 fully saturated rings. The van der Waals surface area contributed by atoms with Crippen LogP contribution >= 0.6 is 0 Å². The maximum absolute atomic E-state index is 13.4. The van der Waals surface area contributed by atoms with Gasteiger partial charge in [0.15, 0.2) is 18.2 Å². The second kappa shape index (κ2) is 16.0. The Balaban J connectivity index is 1.27. The van der Waals surface area contributed by atoms with Gasteiger partial charge in [-0.25, -0.2) is 4.39 Å². The molecule has 4 aromatic rings. The summed E-state index contributed by atoms with van der Waals surface area (Å²) in [5.74, 6) is 1.10. The number of aromatic nitrogens is 3. The number of hydrogen-bond acceptors (Lipinski definition) is 8. The maximum atomic E-state index is 13.4. The summed E-state index contributed by atoms with van der Waals surface area (Å²) < 4.78 is 56.3. The van der Waals surface area contributed by atoms with Crippen molar-refractivity contribution in [1.82, 2.24) is 19.9 Å². The lowest BCUT2D eigenvalue weighted by molar-refractivity contribution is -0.153. The zero-order chi connectivity index (χ0) is 34.1. The van der Waals surface area contributed by atoms with Crippen LogP contribution in [-0.4, -0.2) is 57.5 Å². The van der Waals surface area contributed by atoms with Gasteiger partial charge in [0.1, 0.15) is 11.6 Å². The summed E-state index contributed by atoms with van der Waals surface area (Å²) in [6, 6.07) is 19.7. The Morgan fingerprint density at radius 3 is 2.35 bits per heavy atom. The molecule has 0 aliphatic carbocycles. The molecule has 5 rings (SSSR count). The van der Waals surface area contributed by atoms with Gasteiger partial charge in [0.25, 0.3) is 0 Å². The topological polar surface area (TPSA) is 92.3 Å². The first-order valence-electron chi connectivity index (χ1n) is 16.2. The van der Waals surface area contributed by atoms with E-state index >= 15 is 0 Å². The fourth-order valence-electron chi connectivity index (χ4n) is 5.64. The standard InChI is InChI=1S/C36H40F4N6O2/c1-24(2)46-19-17-25(18-20-46)5-3-8-32(47)27-11-13-28(14-12-27)33-43-34(41-22-26-9-15-29(37)16-10-26)45-35(44-33)42-30-6-4-7-31(21-30)48-23-36(38,39)40/h4,6-7,9-16,21,24-25H,3,5,8,17-20,22-23H2,1-2H3,(H2,41,42,43,44,45). The number of anilines is 3. The molecule has 1 aliphatic heterocycles. The van der Waals surface area contributed by atoms with Crippen molar-refractivity contribution in [3.8, 4) is 17.1 Å². The molecule has 1 aromatic heterocycles. The van der Waals surface area contributed by atoms with Gasteiger partial charge in [-0.2, -0.15) is 28.1 Å². The van der Waals surface area contributed by atoms with Crippen LogP contribution in [0.25, 0.3) is 11.4 Å². The van der Waals surface area contributed by atoms with E-state index in [2.05, 4.69) is 44.3 Å². The number of ether oxygens (including phenoxy) is 1. The number of nitrogens with one attached hydrogen (secondary N) is 2. The Hall–Kier alpha value is -4.58. The number of piperidine rings is 1. The van der Waals surface area contributed by atoms with Crippen LogP contribution in [0.15, 0.2) is 72.8 Å². The Labute approximate surface area is 278 Å². The van der Waals surface area contributed by atoms with Crippen LogP contribution in [0.3, 0.4) is 0 Å². The fraction of sp³-hybridized carbons (Fsp3) is 0.389. The summed E-state index contributed by atoms with van der Waals surface area (Å²) in [5.41, 5.74) is 2.46. The number of carbonyl (C=O) groups excluding carboxylic acids is 1. The van der Waals surface area contributed by atoms with Crippen molar-refractivity contribution in [2.24, 2.45) is 5.92 Å². The van der Waals surface area contributed by atoms with E-state index in [0.717, 1.165) is 31.5 Å². The van der Waals surface area contributed by atoms with E-state index in [4.69, 9.17) is 4.74 Å². The summed E-state index contributed by atoms with van der Waals surface area (Å²) in [6.07, 6.45) is 0.307. The first-order valence-corrected chi connectivity index (χ1v) is 16.2. The molecule has 0 bridgehead atoms. The molecule has 0 unspecified atom stereocenters. The van der Waals surface area contributed by atoms with Crippen LogP contribution in [0.1, 0.15) is 61.9 Å². The quantitative estimate of drug-likeness (QED) is 0.103. The van der Waals surface area contributed by atoms with Crippen LogP contribution < -0.4 is 15.4 Å². The Bertz CT molecular complexity index is 1640. The Kier molecular flexibility index (Phi) is 11.6. The summed E-state index contributed by atoms with van der Waals surface area (Å²) in [7, 11) is 0. The lowest BCUT2D eigenvalue weighted by Gasteiger charge is -2.34. The average Bonchev–Trinajstić information content (AvgIpc) is 3.07. The van der Waals surface area contributed by atoms with E-state index in [1.54, 1.807) is 48.5 Å². The molecule has 0 atom stereocenters. The molecule has 0 radical (unpaired) electrons. The number of hydrogen-bond donors (Lipinski definition) is 2. The van der Waals surface area contributed by atoms with Crippen molar-refractivity contribution in [3.63, 3.8) is 0 Å². The first-order chi connectivity index (χ1) is 23.0. The minimum absolute atomic E-state index is 0.0260. The minimum atomic E-state index is -4.47. The van der Waals surface area contributed by atoms with Gasteiger partial charge in [0.05, 0.1) is 0 Å². The van der Waals surface area contributed by atoms with Gasteiger partial charge < -0.3 is 20.3 Å². The molecule has 12 heteroatoms. The molecule has 0 spiro atoms. The molecule has 1 saturated heterocycles. The van der Waals surface area contributed by atoms with Gasteiger partial charge in [-0.1, -0.05) is 42.5 Å². The van der Waals surface area contributed by atoms with E-state index < -0.39 is 12.8 Å². The van der Waals surface area contributed by atoms with Crippen LogP contribution in [0.2, 0.25) is 0 Å². The fourth-order valence-corrected chi connectivity index (χ4v) is 5.64. The zero-order valence-corrected chi connectivity index (χ0v) is 27.1. The van der Waals surface area contributed by atoms with Gasteiger partial charge in [-0.3, -0.25) is 4.79 Å². The lowest BCUT2D eigenvalue weighted by Crippen LogP contribution is -2.38. The van der Waals surface area contributed by atoms with Crippen molar-refractivity contribution in [1.29, 1.82) is 0 Å². The van der Waals surface area contributed by atoms with Crippen LogP contribution in [0.5, 0.6) is 5.75 Å². The minimum Gasteiger partial charge on any atom is -0.484 e. The summed E-state index contributed by atoms with van der Waals surface area (Å²) in [4.78, 5) is 29.0. The summed E-state index contributed by atoms with van der Waals surface area (Å²) >= 11 is 0. The van der Waals surface area contributed by atoms with Crippen LogP contribution in [0.4, 0.5) is 35.1 Å². The van der Waals surface area contributed by atoms with Crippen molar-refractivity contribution < 1.29 is 27.1 Å². The van der Waals surface area contributed by atoms with E-state index in [0.29, 0.717) is 47.6 Å². The largest absolute Gasteiger partial charge is 0.484 e. The number of alkyl halides is 3. The third-order valence-electron chi connectivity index (χ3n) is 8.35. The highest BCUT2D eigenvalue weighted by Crippen LogP contribution is 2.27. The average molecular weight is 665 g/mol. The van der Waals surface area contributed by atoms with E-state index in [9.17, 15) is 22.4 Å². The number of Topliss-reactive ketones (excluding diaryl/α,β-unsaturated/α-hetero) is 1. The predicted octanol–water partition coefficient (Wildman–Crippen LogP) is 8.45. The molecule has 0 saturated carbocycles. The predicted molar refractivity (Wildman–Crippen MR) is 178 cm³/mol. The molecule has 0 amide bonds. The third-order valence-corrected chi connectivity index (χ3v) is 8.35. The third kappa shape index (κ3) is 10.5. The van der Waals surface area contributed by atoms with Gasteiger partial charge in [-0.05, 0) is 88.4 Å². The molecule has 2 N–H and O–H groups in total. The smallest absolute Gasteiger partial charge is 0.422 e. The molecule has 2 heterocycles. The second-order valence-corrected chi connectivity index (χ2v) is 12.3. The number of ketones is 1. The van der Waals surface area contributed by atoms with Crippen LogP contribution in [0, 0.1) is 11.7 Å². The molecule has 1 aliphatic rings. The SMILES string of the molecule is CC(C)N1CCC(CCCC(=O)c2ccc(-c3nc(NCc4ccc(F)cc4)nc(Nc4cccc(OCC(F)(F)F)c4)n3)cc2)CC1. The van der Waals surface area contributed by atoms with E-state index in [1.807, 2.05) is 0 Å². The molecule has 3 aromatic carbocycles. The Morgan fingerprint density at radius 2 is 1.67 bits per heavy atom. The summed E-state index contributed by atoms with van der Waals surface area (Å²) in [6.45, 7) is 5.60.